The Kier molecular flexibility index (Phi) is 5.86. The lowest BCUT2D eigenvalue weighted by Gasteiger charge is -2.18. The van der Waals surface area contributed by atoms with Gasteiger partial charge in [0.25, 0.3) is 5.91 Å². The highest BCUT2D eigenvalue weighted by atomic mass is 16.5. The fraction of sp³-hybridized carbons (Fsp3) is 0.278. The summed E-state index contributed by atoms with van der Waals surface area (Å²) in [6.45, 7) is 1.86. The molecule has 5 heteroatoms. The van der Waals surface area contributed by atoms with Crippen LogP contribution in [0.15, 0.2) is 48.5 Å². The summed E-state index contributed by atoms with van der Waals surface area (Å²) in [7, 11) is 3.19. The summed E-state index contributed by atoms with van der Waals surface area (Å²) in [5.41, 5.74) is 0.876. The number of carbonyl (C=O) groups is 1. The van der Waals surface area contributed by atoms with Gasteiger partial charge < -0.3 is 19.5 Å². The molecule has 5 nitrogen and oxygen atoms in total. The van der Waals surface area contributed by atoms with Crippen molar-refractivity contribution in [2.45, 2.75) is 13.0 Å². The Morgan fingerprint density at radius 1 is 1.04 bits per heavy atom. The molecule has 122 valence electrons. The first-order valence-corrected chi connectivity index (χ1v) is 7.33. The standard InChI is InChI=1S/C18H21NO4/c1-13(16-10-9-15(21-2)11-17(16)22-3)19-18(20)12-23-14-7-5-4-6-8-14/h4-11,13H,12H2,1-3H3,(H,19,20). The quantitative estimate of drug-likeness (QED) is 0.853. The molecule has 0 aliphatic heterocycles. The minimum Gasteiger partial charge on any atom is -0.497 e. The SMILES string of the molecule is COc1ccc(C(C)NC(=O)COc2ccccc2)c(OC)c1. The molecule has 0 saturated heterocycles. The first-order valence-electron chi connectivity index (χ1n) is 7.33. The van der Waals surface area contributed by atoms with E-state index in [1.807, 2.05) is 49.4 Å². The van der Waals surface area contributed by atoms with Gasteiger partial charge in [0.05, 0.1) is 20.3 Å². The van der Waals surface area contributed by atoms with Crippen LogP contribution >= 0.6 is 0 Å². The van der Waals surface area contributed by atoms with Gasteiger partial charge in [0.1, 0.15) is 17.2 Å². The van der Waals surface area contributed by atoms with Crippen molar-refractivity contribution < 1.29 is 19.0 Å². The summed E-state index contributed by atoms with van der Waals surface area (Å²) < 4.78 is 16.0. The number of carbonyl (C=O) groups excluding carboxylic acids is 1. The smallest absolute Gasteiger partial charge is 0.258 e. The van der Waals surface area contributed by atoms with Crippen LogP contribution in [0.5, 0.6) is 17.2 Å². The Balaban J connectivity index is 1.95. The zero-order chi connectivity index (χ0) is 16.7. The maximum Gasteiger partial charge on any atom is 0.258 e. The largest absolute Gasteiger partial charge is 0.497 e. The molecule has 0 fully saturated rings. The highest BCUT2D eigenvalue weighted by molar-refractivity contribution is 5.78. The number of ether oxygens (including phenoxy) is 3. The Morgan fingerprint density at radius 3 is 2.43 bits per heavy atom. The molecule has 2 rings (SSSR count). The Morgan fingerprint density at radius 2 is 1.78 bits per heavy atom. The molecular weight excluding hydrogens is 294 g/mol. The molecule has 1 unspecified atom stereocenters. The van der Waals surface area contributed by atoms with Crippen LogP contribution in [0.2, 0.25) is 0 Å². The van der Waals surface area contributed by atoms with Gasteiger partial charge in [0.2, 0.25) is 0 Å². The van der Waals surface area contributed by atoms with Crippen LogP contribution in [0, 0.1) is 0 Å². The van der Waals surface area contributed by atoms with Gasteiger partial charge in [0, 0.05) is 11.6 Å². The zero-order valence-corrected chi connectivity index (χ0v) is 13.5. The number of para-hydroxylation sites is 1. The molecule has 23 heavy (non-hydrogen) atoms. The molecule has 2 aromatic rings. The molecule has 0 saturated carbocycles. The highest BCUT2D eigenvalue weighted by Crippen LogP contribution is 2.29. The van der Waals surface area contributed by atoms with Crippen LogP contribution < -0.4 is 19.5 Å². The van der Waals surface area contributed by atoms with E-state index in [9.17, 15) is 4.79 Å². The van der Waals surface area contributed by atoms with E-state index in [-0.39, 0.29) is 18.6 Å². The van der Waals surface area contributed by atoms with E-state index in [0.29, 0.717) is 17.2 Å². The van der Waals surface area contributed by atoms with E-state index in [1.165, 1.54) is 0 Å². The average Bonchev–Trinajstić information content (AvgIpc) is 2.60. The molecule has 1 amide bonds. The molecule has 0 aromatic heterocycles. The van der Waals surface area contributed by atoms with E-state index in [1.54, 1.807) is 20.3 Å². The third-order valence-electron chi connectivity index (χ3n) is 3.40. The van der Waals surface area contributed by atoms with Crippen molar-refractivity contribution in [3.05, 3.63) is 54.1 Å². The van der Waals surface area contributed by atoms with Gasteiger partial charge in [0.15, 0.2) is 6.61 Å². The van der Waals surface area contributed by atoms with E-state index in [0.717, 1.165) is 5.56 Å². The number of amides is 1. The number of hydrogen-bond donors (Lipinski definition) is 1. The fourth-order valence-electron chi connectivity index (χ4n) is 2.20. The molecule has 0 radical (unpaired) electrons. The predicted octanol–water partition coefficient (Wildman–Crippen LogP) is 2.96. The van der Waals surface area contributed by atoms with Crippen molar-refractivity contribution in [1.29, 1.82) is 0 Å². The second kappa shape index (κ2) is 8.08. The lowest BCUT2D eigenvalue weighted by molar-refractivity contribution is -0.123. The topological polar surface area (TPSA) is 56.8 Å². The van der Waals surface area contributed by atoms with Crippen LogP contribution in [-0.4, -0.2) is 26.7 Å². The van der Waals surface area contributed by atoms with Gasteiger partial charge in [-0.05, 0) is 31.2 Å². The van der Waals surface area contributed by atoms with Gasteiger partial charge >= 0.3 is 0 Å². The first-order chi connectivity index (χ1) is 11.1. The van der Waals surface area contributed by atoms with E-state index in [4.69, 9.17) is 14.2 Å². The molecule has 0 aliphatic rings. The molecule has 0 spiro atoms. The van der Waals surface area contributed by atoms with Crippen LogP contribution in [0.1, 0.15) is 18.5 Å². The normalized spacial score (nSPS) is 11.4. The van der Waals surface area contributed by atoms with Gasteiger partial charge in [-0.25, -0.2) is 0 Å². The minimum absolute atomic E-state index is 0.0349. The van der Waals surface area contributed by atoms with E-state index < -0.39 is 0 Å². The number of rotatable bonds is 7. The second-order valence-corrected chi connectivity index (χ2v) is 5.00. The summed E-state index contributed by atoms with van der Waals surface area (Å²) in [6, 6.07) is 14.5. The van der Waals surface area contributed by atoms with Crippen LogP contribution in [0.3, 0.4) is 0 Å². The summed E-state index contributed by atoms with van der Waals surface area (Å²) in [6.07, 6.45) is 0. The molecule has 1 N–H and O–H groups in total. The van der Waals surface area contributed by atoms with Crippen molar-refractivity contribution in [2.75, 3.05) is 20.8 Å². The second-order valence-electron chi connectivity index (χ2n) is 5.00. The molecule has 2 aromatic carbocycles. The lowest BCUT2D eigenvalue weighted by Crippen LogP contribution is -2.31. The predicted molar refractivity (Wildman–Crippen MR) is 88.0 cm³/mol. The van der Waals surface area contributed by atoms with Crippen molar-refractivity contribution in [1.82, 2.24) is 5.32 Å². The number of hydrogen-bond acceptors (Lipinski definition) is 4. The van der Waals surface area contributed by atoms with Crippen LogP contribution in [0.25, 0.3) is 0 Å². The van der Waals surface area contributed by atoms with Gasteiger partial charge in [-0.1, -0.05) is 18.2 Å². The number of benzene rings is 2. The van der Waals surface area contributed by atoms with Gasteiger partial charge in [-0.3, -0.25) is 4.79 Å². The zero-order valence-electron chi connectivity index (χ0n) is 13.5. The van der Waals surface area contributed by atoms with Gasteiger partial charge in [-0.15, -0.1) is 0 Å². The maximum atomic E-state index is 12.0. The van der Waals surface area contributed by atoms with E-state index >= 15 is 0 Å². The van der Waals surface area contributed by atoms with Crippen LogP contribution in [0.4, 0.5) is 0 Å². The number of nitrogens with one attached hydrogen (secondary N) is 1. The minimum atomic E-state index is -0.206. The van der Waals surface area contributed by atoms with E-state index in [2.05, 4.69) is 5.32 Å². The summed E-state index contributed by atoms with van der Waals surface area (Å²) in [4.78, 5) is 12.0. The monoisotopic (exact) mass is 315 g/mol. The van der Waals surface area contributed by atoms with Crippen LogP contribution in [-0.2, 0) is 4.79 Å². The van der Waals surface area contributed by atoms with Crippen molar-refractivity contribution in [2.24, 2.45) is 0 Å². The average molecular weight is 315 g/mol. The Hall–Kier alpha value is -2.69. The molecule has 0 heterocycles. The molecule has 0 aliphatic carbocycles. The Labute approximate surface area is 136 Å². The van der Waals surface area contributed by atoms with Crippen molar-refractivity contribution in [3.63, 3.8) is 0 Å². The summed E-state index contributed by atoms with van der Waals surface area (Å²) in [5.74, 6) is 1.84. The maximum absolute atomic E-state index is 12.0. The third kappa shape index (κ3) is 4.64. The number of methoxy groups -OCH3 is 2. The van der Waals surface area contributed by atoms with Crippen molar-refractivity contribution >= 4 is 5.91 Å². The van der Waals surface area contributed by atoms with Crippen molar-refractivity contribution in [3.8, 4) is 17.2 Å². The molecule has 1 atom stereocenters. The third-order valence-corrected chi connectivity index (χ3v) is 3.40. The lowest BCUT2D eigenvalue weighted by atomic mass is 10.1. The molecular formula is C18H21NO4. The molecule has 0 bridgehead atoms. The fourth-order valence-corrected chi connectivity index (χ4v) is 2.20. The first kappa shape index (κ1) is 16.7. The highest BCUT2D eigenvalue weighted by Gasteiger charge is 2.15. The summed E-state index contributed by atoms with van der Waals surface area (Å²) in [5, 5.41) is 2.89. The Bertz CT molecular complexity index is 643. The van der Waals surface area contributed by atoms with Gasteiger partial charge in [-0.2, -0.15) is 0 Å². The summed E-state index contributed by atoms with van der Waals surface area (Å²) >= 11 is 0.